The third kappa shape index (κ3) is 4.66. The predicted octanol–water partition coefficient (Wildman–Crippen LogP) is 6.02. The van der Waals surface area contributed by atoms with E-state index in [1.807, 2.05) is 48.5 Å². The molecule has 3 fully saturated rings. The van der Waals surface area contributed by atoms with Crippen molar-refractivity contribution in [1.82, 2.24) is 0 Å². The SMILES string of the molecule is O=C1C2CC=C3C(CC4C(=O)N(c5ccccc5)C(=O)C4C3c3ccc(OCc4ccccc4)cc3O)C2C(=O)N1c1ccccc1. The summed E-state index contributed by atoms with van der Waals surface area (Å²) in [5, 5.41) is 11.5. The molecule has 4 aromatic rings. The van der Waals surface area contributed by atoms with E-state index in [1.165, 1.54) is 9.80 Å². The number of benzene rings is 4. The number of aromatic hydroxyl groups is 1. The van der Waals surface area contributed by atoms with Gasteiger partial charge in [-0.25, -0.2) is 0 Å². The van der Waals surface area contributed by atoms with Crippen LogP contribution in [0.4, 0.5) is 11.4 Å². The van der Waals surface area contributed by atoms with Crippen LogP contribution in [0.2, 0.25) is 0 Å². The molecule has 4 amide bonds. The van der Waals surface area contributed by atoms with Gasteiger partial charge < -0.3 is 9.84 Å². The zero-order chi connectivity index (χ0) is 32.2. The van der Waals surface area contributed by atoms with Crippen molar-refractivity contribution in [2.45, 2.75) is 25.4 Å². The van der Waals surface area contributed by atoms with Gasteiger partial charge in [-0.15, -0.1) is 0 Å². The van der Waals surface area contributed by atoms with Crippen LogP contribution < -0.4 is 14.5 Å². The van der Waals surface area contributed by atoms with E-state index in [-0.39, 0.29) is 35.8 Å². The molecule has 2 heterocycles. The van der Waals surface area contributed by atoms with E-state index in [2.05, 4.69) is 0 Å². The normalized spacial score (nSPS) is 26.5. The summed E-state index contributed by atoms with van der Waals surface area (Å²) in [5.74, 6) is -4.63. The second kappa shape index (κ2) is 11.4. The lowest BCUT2D eigenvalue weighted by atomic mass is 9.57. The van der Waals surface area contributed by atoms with Gasteiger partial charge >= 0.3 is 0 Å². The van der Waals surface area contributed by atoms with Gasteiger partial charge in [0, 0.05) is 17.5 Å². The zero-order valence-corrected chi connectivity index (χ0v) is 25.4. The summed E-state index contributed by atoms with van der Waals surface area (Å²) in [7, 11) is 0. The largest absolute Gasteiger partial charge is 0.508 e. The number of hydrogen-bond donors (Lipinski definition) is 1. The molecule has 8 heteroatoms. The molecule has 0 radical (unpaired) electrons. The van der Waals surface area contributed by atoms with Crippen LogP contribution in [0.25, 0.3) is 0 Å². The Bertz CT molecular complexity index is 1930. The van der Waals surface area contributed by atoms with E-state index in [9.17, 15) is 24.3 Å². The molecular formula is C39H32N2O6. The average Bonchev–Trinajstić information content (AvgIpc) is 3.51. The van der Waals surface area contributed by atoms with Gasteiger partial charge in [0.2, 0.25) is 23.6 Å². The summed E-state index contributed by atoms with van der Waals surface area (Å²) in [6.45, 7) is 0.317. The van der Waals surface area contributed by atoms with E-state index in [4.69, 9.17) is 4.74 Å². The van der Waals surface area contributed by atoms with Crippen molar-refractivity contribution < 1.29 is 29.0 Å². The van der Waals surface area contributed by atoms with Gasteiger partial charge in [-0.3, -0.25) is 29.0 Å². The second-order valence-corrected chi connectivity index (χ2v) is 12.7. The highest BCUT2D eigenvalue weighted by molar-refractivity contribution is 6.24. The van der Waals surface area contributed by atoms with Crippen molar-refractivity contribution in [1.29, 1.82) is 0 Å². The lowest BCUT2D eigenvalue weighted by Gasteiger charge is -2.44. The van der Waals surface area contributed by atoms with Crippen molar-refractivity contribution >= 4 is 35.0 Å². The van der Waals surface area contributed by atoms with Crippen molar-refractivity contribution in [3.8, 4) is 11.5 Å². The van der Waals surface area contributed by atoms with Crippen molar-refractivity contribution in [2.75, 3.05) is 9.80 Å². The Hall–Kier alpha value is -5.50. The quantitative estimate of drug-likeness (QED) is 0.208. The molecule has 1 N–H and O–H groups in total. The molecular weight excluding hydrogens is 592 g/mol. The van der Waals surface area contributed by atoms with Crippen molar-refractivity contribution in [3.63, 3.8) is 0 Å². The Kier molecular flexibility index (Phi) is 7.01. The summed E-state index contributed by atoms with van der Waals surface area (Å²) in [6, 6.07) is 32.5. The van der Waals surface area contributed by atoms with Crippen LogP contribution in [0.1, 0.15) is 29.9 Å². The van der Waals surface area contributed by atoms with Gasteiger partial charge in [-0.05, 0) is 54.7 Å². The maximum absolute atomic E-state index is 14.3. The van der Waals surface area contributed by atoms with Gasteiger partial charge in [0.05, 0.1) is 35.0 Å². The molecule has 0 spiro atoms. The number of anilines is 2. The van der Waals surface area contributed by atoms with Crippen LogP contribution in [-0.2, 0) is 25.8 Å². The second-order valence-electron chi connectivity index (χ2n) is 12.7. The van der Waals surface area contributed by atoms with Gasteiger partial charge in [0.25, 0.3) is 0 Å². The Labute approximate surface area is 271 Å². The highest BCUT2D eigenvalue weighted by atomic mass is 16.5. The number of carbonyl (C=O) groups excluding carboxylic acids is 4. The number of allylic oxidation sites excluding steroid dienone is 2. The van der Waals surface area contributed by atoms with Gasteiger partial charge in [-0.1, -0.05) is 84.4 Å². The molecule has 4 aromatic carbocycles. The number of amides is 4. The number of rotatable bonds is 6. The maximum Gasteiger partial charge on any atom is 0.238 e. The van der Waals surface area contributed by atoms with Crippen LogP contribution in [0, 0.1) is 29.6 Å². The van der Waals surface area contributed by atoms with E-state index < -0.39 is 35.5 Å². The number of nitrogens with zero attached hydrogens (tertiary/aromatic N) is 2. The fraction of sp³-hybridized carbons (Fsp3) is 0.231. The molecule has 0 bridgehead atoms. The Morgan fingerprint density at radius 1 is 0.638 bits per heavy atom. The van der Waals surface area contributed by atoms with Gasteiger partial charge in [0.1, 0.15) is 18.1 Å². The minimum absolute atomic E-state index is 0.0545. The number of para-hydroxylation sites is 2. The van der Waals surface area contributed by atoms with Crippen LogP contribution in [-0.4, -0.2) is 28.7 Å². The maximum atomic E-state index is 14.3. The van der Waals surface area contributed by atoms with Crippen molar-refractivity contribution in [2.24, 2.45) is 29.6 Å². The Balaban J connectivity index is 1.19. The van der Waals surface area contributed by atoms with Crippen LogP contribution in [0.5, 0.6) is 11.5 Å². The topological polar surface area (TPSA) is 104 Å². The van der Waals surface area contributed by atoms with Crippen LogP contribution >= 0.6 is 0 Å². The van der Waals surface area contributed by atoms with Gasteiger partial charge in [-0.2, -0.15) is 0 Å². The number of ether oxygens (including phenoxy) is 1. The molecule has 0 aromatic heterocycles. The zero-order valence-electron chi connectivity index (χ0n) is 25.4. The standard InChI is InChI=1S/C39H32N2O6/c42-32-20-26(47-22-23-10-4-1-5-11-23)16-17-28(32)33-27-18-19-29-34(38(45)40(36(29)43)24-12-6-2-7-13-24)30(27)21-31-35(33)39(46)41(37(31)44)25-14-8-3-9-15-25/h1-18,20,29-31,33-35,42H,19,21-22H2. The highest BCUT2D eigenvalue weighted by Gasteiger charge is 2.62. The molecule has 6 unspecified atom stereocenters. The minimum Gasteiger partial charge on any atom is -0.508 e. The number of carbonyl (C=O) groups is 4. The summed E-state index contributed by atoms with van der Waals surface area (Å²) in [6.07, 6.45) is 2.58. The Morgan fingerprint density at radius 2 is 1.21 bits per heavy atom. The third-order valence-corrected chi connectivity index (χ3v) is 10.3. The number of imide groups is 2. The molecule has 8 nitrogen and oxygen atoms in total. The van der Waals surface area contributed by atoms with E-state index in [1.54, 1.807) is 66.7 Å². The lowest BCUT2D eigenvalue weighted by molar-refractivity contribution is -0.126. The fourth-order valence-corrected chi connectivity index (χ4v) is 8.22. The molecule has 2 saturated heterocycles. The Morgan fingerprint density at radius 3 is 1.83 bits per heavy atom. The van der Waals surface area contributed by atoms with Gasteiger partial charge in [0.15, 0.2) is 0 Å². The number of hydrogen-bond acceptors (Lipinski definition) is 6. The average molecular weight is 625 g/mol. The predicted molar refractivity (Wildman–Crippen MR) is 174 cm³/mol. The summed E-state index contributed by atoms with van der Waals surface area (Å²) >= 11 is 0. The first kappa shape index (κ1) is 28.9. The first-order valence-corrected chi connectivity index (χ1v) is 16.0. The molecule has 1 saturated carbocycles. The molecule has 4 aliphatic rings. The molecule has 47 heavy (non-hydrogen) atoms. The number of fused-ring (bicyclic) bond motifs is 4. The molecule has 6 atom stereocenters. The summed E-state index contributed by atoms with van der Waals surface area (Å²) in [4.78, 5) is 58.8. The van der Waals surface area contributed by atoms with Crippen molar-refractivity contribution in [3.05, 3.63) is 132 Å². The van der Waals surface area contributed by atoms with E-state index in [0.29, 0.717) is 35.7 Å². The number of phenolic OH excluding ortho intramolecular Hbond substituents is 1. The minimum atomic E-state index is -0.777. The molecule has 2 aliphatic carbocycles. The monoisotopic (exact) mass is 624 g/mol. The number of phenols is 1. The van der Waals surface area contributed by atoms with E-state index in [0.717, 1.165) is 11.1 Å². The first-order chi connectivity index (χ1) is 22.9. The van der Waals surface area contributed by atoms with E-state index >= 15 is 0 Å². The first-order valence-electron chi connectivity index (χ1n) is 16.0. The molecule has 8 rings (SSSR count). The summed E-state index contributed by atoms with van der Waals surface area (Å²) < 4.78 is 5.97. The highest BCUT2D eigenvalue weighted by Crippen LogP contribution is 2.59. The fourth-order valence-electron chi connectivity index (χ4n) is 8.22. The molecule has 234 valence electrons. The molecule has 2 aliphatic heterocycles. The van der Waals surface area contributed by atoms with Crippen LogP contribution in [0.3, 0.4) is 0 Å². The third-order valence-electron chi connectivity index (χ3n) is 10.3. The lowest BCUT2D eigenvalue weighted by Crippen LogP contribution is -2.43. The van der Waals surface area contributed by atoms with Crippen LogP contribution in [0.15, 0.2) is 121 Å². The summed E-state index contributed by atoms with van der Waals surface area (Å²) in [5.41, 5.74) is 3.31. The smallest absolute Gasteiger partial charge is 0.238 e.